The van der Waals surface area contributed by atoms with Gasteiger partial charge in [-0.25, -0.2) is 9.37 Å². The zero-order valence-electron chi connectivity index (χ0n) is 18.7. The van der Waals surface area contributed by atoms with Crippen LogP contribution in [0, 0.1) is 11.7 Å². The lowest BCUT2D eigenvalue weighted by Crippen LogP contribution is -2.40. The maximum absolute atomic E-state index is 14.9. The molecule has 2 fully saturated rings. The van der Waals surface area contributed by atoms with Crippen molar-refractivity contribution in [2.45, 2.75) is 18.9 Å². The topological polar surface area (TPSA) is 140 Å². The summed E-state index contributed by atoms with van der Waals surface area (Å²) in [6.45, 7) is 2.90. The van der Waals surface area contributed by atoms with Gasteiger partial charge in [-0.1, -0.05) is 0 Å². The van der Waals surface area contributed by atoms with E-state index >= 15 is 0 Å². The van der Waals surface area contributed by atoms with Gasteiger partial charge in [-0.3, -0.25) is 5.10 Å². The van der Waals surface area contributed by atoms with Crippen molar-refractivity contribution in [2.75, 3.05) is 30.3 Å². The lowest BCUT2D eigenvalue weighted by Gasteiger charge is -2.24. The number of benzene rings is 2. The van der Waals surface area contributed by atoms with Gasteiger partial charge < -0.3 is 26.8 Å². The van der Waals surface area contributed by atoms with E-state index in [1.807, 2.05) is 18.2 Å². The monoisotopic (exact) mass is 462 g/mol. The number of piperidine rings is 1. The molecule has 176 valence electrons. The minimum absolute atomic E-state index is 0. The van der Waals surface area contributed by atoms with Gasteiger partial charge in [-0.2, -0.15) is 10.1 Å². The molecule has 7 N–H and O–H groups in total. The van der Waals surface area contributed by atoms with Gasteiger partial charge in [0.1, 0.15) is 11.6 Å². The van der Waals surface area contributed by atoms with Crippen LogP contribution in [0.5, 0.6) is 11.5 Å². The molecule has 4 aromatic rings. The number of H-pyrrole nitrogens is 1. The third-order valence-electron chi connectivity index (χ3n) is 6.52. The van der Waals surface area contributed by atoms with Crippen LogP contribution in [0.1, 0.15) is 12.8 Å². The number of hydrogen-bond donors (Lipinski definition) is 4. The van der Waals surface area contributed by atoms with Gasteiger partial charge in [0.05, 0.1) is 17.4 Å². The first-order valence-corrected chi connectivity index (χ1v) is 11.2. The summed E-state index contributed by atoms with van der Waals surface area (Å²) in [6.07, 6.45) is 4.13. The number of nitrogens with two attached hydrogens (primary N) is 1. The lowest BCUT2D eigenvalue weighted by atomic mass is 9.94. The number of nitrogens with one attached hydrogen (secondary N) is 2. The van der Waals surface area contributed by atoms with Gasteiger partial charge in [0.2, 0.25) is 5.95 Å². The molecule has 4 heterocycles. The fourth-order valence-corrected chi connectivity index (χ4v) is 4.85. The van der Waals surface area contributed by atoms with E-state index in [9.17, 15) is 4.39 Å². The number of aromatic amines is 1. The Hall–Kier alpha value is -3.76. The Morgan fingerprint density at radius 2 is 2.00 bits per heavy atom. The first-order chi connectivity index (χ1) is 16.1. The molecule has 0 aliphatic carbocycles. The fourth-order valence-electron chi connectivity index (χ4n) is 4.85. The first-order valence-electron chi connectivity index (χ1n) is 11.2. The normalized spacial score (nSPS) is 19.6. The number of halogens is 1. The summed E-state index contributed by atoms with van der Waals surface area (Å²) in [7, 11) is 0. The van der Waals surface area contributed by atoms with Crippen LogP contribution >= 0.6 is 0 Å². The second kappa shape index (κ2) is 8.88. The van der Waals surface area contributed by atoms with Gasteiger partial charge in [-0.05, 0) is 61.7 Å². The molecular weight excluding hydrogens is 435 g/mol. The van der Waals surface area contributed by atoms with Crippen LogP contribution in [0.4, 0.5) is 16.2 Å². The van der Waals surface area contributed by atoms with E-state index in [0.717, 1.165) is 36.4 Å². The Balaban J connectivity index is 0.00000241. The first kappa shape index (κ1) is 22.1. The molecule has 0 saturated carbocycles. The van der Waals surface area contributed by atoms with Crippen LogP contribution in [0.3, 0.4) is 0 Å². The summed E-state index contributed by atoms with van der Waals surface area (Å²) in [5, 5.41) is 11.4. The van der Waals surface area contributed by atoms with E-state index in [4.69, 9.17) is 10.5 Å². The van der Waals surface area contributed by atoms with Crippen LogP contribution < -0.4 is 26.8 Å². The van der Waals surface area contributed by atoms with Crippen molar-refractivity contribution in [2.24, 2.45) is 5.92 Å². The number of anilines is 2. The number of fused-ring (bicyclic) bond motifs is 2. The van der Waals surface area contributed by atoms with Crippen molar-refractivity contribution in [1.29, 1.82) is 0 Å². The van der Waals surface area contributed by atoms with Crippen molar-refractivity contribution in [3.63, 3.8) is 0 Å². The molecule has 2 aliphatic rings. The average Bonchev–Trinajstić information content (AvgIpc) is 3.46. The third-order valence-corrected chi connectivity index (χ3v) is 6.52. The molecule has 0 amide bonds. The number of hydrogen-bond acceptors (Lipinski definition) is 8. The summed E-state index contributed by atoms with van der Waals surface area (Å²) in [6, 6.07) is 12.6. The zero-order chi connectivity index (χ0) is 22.4. The zero-order valence-corrected chi connectivity index (χ0v) is 18.7. The standard InChI is InChI=1S/C24H24FN7O.H3N/c25-18-9-14(3-6-22(18)33-17-4-5-19-16(8-17)11-28-31-19)20-10-23(30-24(26)29-20)32-12-15-2-1-7-27-21(15)13-32;/h3-6,8-11,15,21,27H,1-2,7,12-13H2,(H,28,31)(H2,26,29,30);1H3/t15-,21+;/m1./s1. The summed E-state index contributed by atoms with van der Waals surface area (Å²) in [4.78, 5) is 11.1. The van der Waals surface area contributed by atoms with E-state index in [2.05, 4.69) is 30.4 Å². The van der Waals surface area contributed by atoms with E-state index in [0.29, 0.717) is 29.0 Å². The van der Waals surface area contributed by atoms with Crippen LogP contribution in [0.25, 0.3) is 22.2 Å². The number of aromatic nitrogens is 4. The second-order valence-corrected chi connectivity index (χ2v) is 8.70. The minimum Gasteiger partial charge on any atom is -0.454 e. The number of rotatable bonds is 4. The van der Waals surface area contributed by atoms with E-state index < -0.39 is 5.82 Å². The van der Waals surface area contributed by atoms with Crippen molar-refractivity contribution < 1.29 is 9.13 Å². The molecule has 2 aromatic heterocycles. The molecule has 0 bridgehead atoms. The Kier molecular flexibility index (Phi) is 5.76. The van der Waals surface area contributed by atoms with Crippen molar-refractivity contribution in [3.05, 3.63) is 54.5 Å². The highest BCUT2D eigenvalue weighted by Crippen LogP contribution is 2.33. The molecular formula is C24H27FN8O. The van der Waals surface area contributed by atoms with E-state index in [1.165, 1.54) is 18.9 Å². The highest BCUT2D eigenvalue weighted by Gasteiger charge is 2.35. The Morgan fingerprint density at radius 1 is 1.09 bits per heavy atom. The summed E-state index contributed by atoms with van der Waals surface area (Å²) in [5.41, 5.74) is 8.13. The van der Waals surface area contributed by atoms with Crippen molar-refractivity contribution in [1.82, 2.24) is 31.6 Å². The van der Waals surface area contributed by atoms with Crippen LogP contribution in [-0.4, -0.2) is 45.8 Å². The predicted molar refractivity (Wildman–Crippen MR) is 130 cm³/mol. The molecule has 2 aliphatic heterocycles. The summed E-state index contributed by atoms with van der Waals surface area (Å²) in [5.74, 6) is 1.78. The van der Waals surface area contributed by atoms with Gasteiger partial charge in [0.15, 0.2) is 11.6 Å². The van der Waals surface area contributed by atoms with Crippen LogP contribution in [0.2, 0.25) is 0 Å². The van der Waals surface area contributed by atoms with E-state index in [-0.39, 0.29) is 17.8 Å². The van der Waals surface area contributed by atoms with Crippen LogP contribution in [-0.2, 0) is 0 Å². The minimum atomic E-state index is -0.477. The average molecular weight is 463 g/mol. The Morgan fingerprint density at radius 3 is 2.85 bits per heavy atom. The van der Waals surface area contributed by atoms with Gasteiger partial charge in [0, 0.05) is 36.1 Å². The molecule has 0 radical (unpaired) electrons. The van der Waals surface area contributed by atoms with Crippen molar-refractivity contribution >= 4 is 22.7 Å². The third kappa shape index (κ3) is 4.13. The van der Waals surface area contributed by atoms with Crippen LogP contribution in [0.15, 0.2) is 48.7 Å². The van der Waals surface area contributed by atoms with Gasteiger partial charge in [-0.15, -0.1) is 0 Å². The number of ether oxygens (including phenoxy) is 1. The van der Waals surface area contributed by atoms with E-state index in [1.54, 1.807) is 24.4 Å². The molecule has 34 heavy (non-hydrogen) atoms. The molecule has 9 nitrogen and oxygen atoms in total. The lowest BCUT2D eigenvalue weighted by molar-refractivity contribution is 0.340. The maximum atomic E-state index is 14.9. The molecule has 2 saturated heterocycles. The van der Waals surface area contributed by atoms with Gasteiger partial charge in [0.25, 0.3) is 0 Å². The molecule has 2 atom stereocenters. The van der Waals surface area contributed by atoms with Crippen molar-refractivity contribution in [3.8, 4) is 22.8 Å². The number of nitrogens with zero attached hydrogens (tertiary/aromatic N) is 4. The molecule has 2 aromatic carbocycles. The summed E-state index contributed by atoms with van der Waals surface area (Å²) < 4.78 is 20.7. The molecule has 0 spiro atoms. The Labute approximate surface area is 196 Å². The molecule has 10 heteroatoms. The second-order valence-electron chi connectivity index (χ2n) is 8.70. The summed E-state index contributed by atoms with van der Waals surface area (Å²) >= 11 is 0. The smallest absolute Gasteiger partial charge is 0.222 e. The maximum Gasteiger partial charge on any atom is 0.222 e. The predicted octanol–water partition coefficient (Wildman–Crippen LogP) is 3.88. The highest BCUT2D eigenvalue weighted by atomic mass is 19.1. The molecule has 6 rings (SSSR count). The fraction of sp³-hybridized carbons (Fsp3) is 0.292. The molecule has 0 unspecified atom stereocenters. The highest BCUT2D eigenvalue weighted by molar-refractivity contribution is 5.79. The largest absolute Gasteiger partial charge is 0.454 e. The Bertz CT molecular complexity index is 1310. The SMILES string of the molecule is N.Nc1nc(-c2ccc(Oc3ccc4[nH]ncc4c3)c(F)c2)cc(N2C[C@H]3CCCN[C@H]3C2)n1. The van der Waals surface area contributed by atoms with Gasteiger partial charge >= 0.3 is 0 Å². The number of nitrogen functional groups attached to an aromatic ring is 1. The quantitative estimate of drug-likeness (QED) is 0.358.